The number of aromatic amines is 1. The second kappa shape index (κ2) is 10.5. The minimum absolute atomic E-state index is 0.284. The van der Waals surface area contributed by atoms with Gasteiger partial charge in [-0.25, -0.2) is 9.98 Å². The lowest BCUT2D eigenvalue weighted by Crippen LogP contribution is -2.26. The van der Waals surface area contributed by atoms with Crippen molar-refractivity contribution in [3.63, 3.8) is 0 Å². The summed E-state index contributed by atoms with van der Waals surface area (Å²) in [6.45, 7) is 4.77. The van der Waals surface area contributed by atoms with E-state index in [4.69, 9.17) is 19.2 Å². The molecule has 3 rings (SSSR count). The van der Waals surface area contributed by atoms with Crippen LogP contribution < -0.4 is 24.7 Å². The van der Waals surface area contributed by atoms with Gasteiger partial charge in [-0.1, -0.05) is 26.0 Å². The van der Waals surface area contributed by atoms with Crippen LogP contribution >= 0.6 is 0 Å². The molecule has 9 nitrogen and oxygen atoms in total. The molecule has 0 amide bonds. The Morgan fingerprint density at radius 1 is 1.06 bits per heavy atom. The van der Waals surface area contributed by atoms with Crippen LogP contribution in [0, 0.1) is 5.92 Å². The van der Waals surface area contributed by atoms with Crippen LogP contribution in [0.25, 0.3) is 10.9 Å². The SMILES string of the molecule is COc1cc2nc(N(C)Cc3cccc(N=C(C(C)C)N(C)C)c3)[nH]c(=O)c2c(OC)c1OC. The first-order valence-electron chi connectivity index (χ1n) is 11.0. The Hall–Kier alpha value is -3.75. The summed E-state index contributed by atoms with van der Waals surface area (Å²) in [6, 6.07) is 9.70. The fourth-order valence-electron chi connectivity index (χ4n) is 3.89. The van der Waals surface area contributed by atoms with E-state index in [1.54, 1.807) is 6.07 Å². The van der Waals surface area contributed by atoms with Crippen molar-refractivity contribution in [2.45, 2.75) is 20.4 Å². The lowest BCUT2D eigenvalue weighted by atomic mass is 10.1. The highest BCUT2D eigenvalue weighted by molar-refractivity contribution is 5.90. The number of fused-ring (bicyclic) bond motifs is 1. The predicted octanol–water partition coefficient (Wildman–Crippen LogP) is 3.83. The standard InChI is InChI=1S/C25H33N5O4/c1-15(2)23(29(3)4)26-17-11-9-10-16(12-17)14-30(5)25-27-18-13-19(32-6)21(33-7)22(34-8)20(18)24(31)28-25/h9-13,15H,14H2,1-8H3,(H,27,28,31). The molecular formula is C25H33N5O4. The molecule has 0 atom stereocenters. The zero-order valence-corrected chi connectivity index (χ0v) is 21.1. The Morgan fingerprint density at radius 2 is 1.76 bits per heavy atom. The maximum Gasteiger partial charge on any atom is 0.264 e. The molecule has 0 unspecified atom stereocenters. The van der Waals surface area contributed by atoms with Gasteiger partial charge in [0.25, 0.3) is 5.56 Å². The van der Waals surface area contributed by atoms with Gasteiger partial charge in [-0.3, -0.25) is 9.78 Å². The van der Waals surface area contributed by atoms with Crippen molar-refractivity contribution in [3.8, 4) is 17.2 Å². The van der Waals surface area contributed by atoms with E-state index in [0.29, 0.717) is 40.8 Å². The molecule has 1 heterocycles. The molecule has 0 aliphatic rings. The second-order valence-corrected chi connectivity index (χ2v) is 8.47. The minimum atomic E-state index is -0.324. The lowest BCUT2D eigenvalue weighted by Gasteiger charge is -2.20. The summed E-state index contributed by atoms with van der Waals surface area (Å²) in [7, 11) is 10.4. The Morgan fingerprint density at radius 3 is 2.35 bits per heavy atom. The van der Waals surface area contributed by atoms with Crippen molar-refractivity contribution < 1.29 is 14.2 Å². The molecule has 0 radical (unpaired) electrons. The van der Waals surface area contributed by atoms with Crippen LogP contribution in [-0.4, -0.2) is 63.2 Å². The van der Waals surface area contributed by atoms with Crippen molar-refractivity contribution in [2.75, 3.05) is 47.4 Å². The third-order valence-corrected chi connectivity index (χ3v) is 5.40. The molecule has 2 aromatic carbocycles. The molecule has 0 aliphatic carbocycles. The number of ether oxygens (including phenoxy) is 3. The van der Waals surface area contributed by atoms with E-state index in [1.807, 2.05) is 55.2 Å². The van der Waals surface area contributed by atoms with Crippen molar-refractivity contribution in [1.29, 1.82) is 0 Å². The molecule has 3 aromatic rings. The molecule has 0 saturated heterocycles. The quantitative estimate of drug-likeness (QED) is 0.398. The number of hydrogen-bond acceptors (Lipinski definition) is 7. The number of rotatable bonds is 8. The fourth-order valence-corrected chi connectivity index (χ4v) is 3.89. The third kappa shape index (κ3) is 5.08. The summed E-state index contributed by atoms with van der Waals surface area (Å²) in [5, 5.41) is 0.304. The number of H-pyrrole nitrogens is 1. The average Bonchev–Trinajstić information content (AvgIpc) is 2.80. The van der Waals surface area contributed by atoms with Gasteiger partial charge < -0.3 is 24.0 Å². The van der Waals surface area contributed by atoms with Crippen LogP contribution in [0.15, 0.2) is 40.1 Å². The number of anilines is 1. The van der Waals surface area contributed by atoms with E-state index >= 15 is 0 Å². The van der Waals surface area contributed by atoms with Gasteiger partial charge in [0.15, 0.2) is 11.5 Å². The number of hydrogen-bond donors (Lipinski definition) is 1. The zero-order valence-electron chi connectivity index (χ0n) is 21.1. The van der Waals surface area contributed by atoms with Gasteiger partial charge >= 0.3 is 0 Å². The van der Waals surface area contributed by atoms with Gasteiger partial charge in [0, 0.05) is 39.7 Å². The van der Waals surface area contributed by atoms with Crippen molar-refractivity contribution in [3.05, 3.63) is 46.2 Å². The number of benzene rings is 2. The van der Waals surface area contributed by atoms with Crippen molar-refractivity contribution in [1.82, 2.24) is 14.9 Å². The fraction of sp³-hybridized carbons (Fsp3) is 0.400. The summed E-state index contributed by atoms with van der Waals surface area (Å²) >= 11 is 0. The molecule has 1 aromatic heterocycles. The first-order chi connectivity index (χ1) is 16.2. The Bertz CT molecular complexity index is 1240. The highest BCUT2D eigenvalue weighted by Gasteiger charge is 2.20. The van der Waals surface area contributed by atoms with E-state index in [9.17, 15) is 4.79 Å². The van der Waals surface area contributed by atoms with Crippen LogP contribution in [-0.2, 0) is 6.54 Å². The van der Waals surface area contributed by atoms with Gasteiger partial charge in [-0.05, 0) is 17.7 Å². The monoisotopic (exact) mass is 467 g/mol. The van der Waals surface area contributed by atoms with Crippen LogP contribution in [0.1, 0.15) is 19.4 Å². The average molecular weight is 468 g/mol. The Labute approximate surface area is 200 Å². The minimum Gasteiger partial charge on any atom is -0.493 e. The Balaban J connectivity index is 1.98. The number of nitrogens with one attached hydrogen (secondary N) is 1. The molecule has 0 aliphatic heterocycles. The maximum absolute atomic E-state index is 13.0. The molecule has 0 spiro atoms. The van der Waals surface area contributed by atoms with E-state index in [-0.39, 0.29) is 11.3 Å². The van der Waals surface area contributed by atoms with Crippen LogP contribution in [0.4, 0.5) is 11.6 Å². The maximum atomic E-state index is 13.0. The summed E-state index contributed by atoms with van der Waals surface area (Å²) in [6.07, 6.45) is 0. The number of aromatic nitrogens is 2. The summed E-state index contributed by atoms with van der Waals surface area (Å²) in [5.74, 6) is 2.81. The summed E-state index contributed by atoms with van der Waals surface area (Å²) < 4.78 is 16.3. The summed E-state index contributed by atoms with van der Waals surface area (Å²) in [4.78, 5) is 29.2. The van der Waals surface area contributed by atoms with Crippen molar-refractivity contribution in [2.24, 2.45) is 10.9 Å². The first-order valence-corrected chi connectivity index (χ1v) is 11.0. The largest absolute Gasteiger partial charge is 0.493 e. The molecule has 34 heavy (non-hydrogen) atoms. The topological polar surface area (TPSA) is 92.3 Å². The highest BCUT2D eigenvalue weighted by Crippen LogP contribution is 2.41. The highest BCUT2D eigenvalue weighted by atomic mass is 16.5. The van der Waals surface area contributed by atoms with Crippen molar-refractivity contribution >= 4 is 28.4 Å². The third-order valence-electron chi connectivity index (χ3n) is 5.40. The molecule has 9 heteroatoms. The van der Waals surface area contributed by atoms with Gasteiger partial charge in [0.05, 0.1) is 32.5 Å². The number of methoxy groups -OCH3 is 3. The normalized spacial score (nSPS) is 11.6. The van der Waals surface area contributed by atoms with E-state index < -0.39 is 0 Å². The van der Waals surface area contributed by atoms with Gasteiger partial charge in [-0.15, -0.1) is 0 Å². The van der Waals surface area contributed by atoms with Gasteiger partial charge in [0.1, 0.15) is 11.2 Å². The van der Waals surface area contributed by atoms with E-state index in [1.165, 1.54) is 21.3 Å². The van der Waals surface area contributed by atoms with Crippen LogP contribution in [0.5, 0.6) is 17.2 Å². The lowest BCUT2D eigenvalue weighted by molar-refractivity contribution is 0.327. The first kappa shape index (κ1) is 24.9. The zero-order chi connectivity index (χ0) is 25.0. The number of nitrogens with zero attached hydrogens (tertiary/aromatic N) is 4. The molecule has 0 fully saturated rings. The molecule has 1 N–H and O–H groups in total. The molecule has 0 saturated carbocycles. The van der Waals surface area contributed by atoms with Crippen LogP contribution in [0.2, 0.25) is 0 Å². The molecule has 0 bridgehead atoms. The second-order valence-electron chi connectivity index (χ2n) is 8.47. The molecule has 182 valence electrons. The summed E-state index contributed by atoms with van der Waals surface area (Å²) in [5.41, 5.74) is 2.05. The smallest absolute Gasteiger partial charge is 0.264 e. The van der Waals surface area contributed by atoms with Gasteiger partial charge in [0.2, 0.25) is 11.7 Å². The number of aliphatic imine (C=N–C) groups is 1. The van der Waals surface area contributed by atoms with E-state index in [0.717, 1.165) is 17.1 Å². The molecular weight excluding hydrogens is 434 g/mol. The Kier molecular flexibility index (Phi) is 7.65. The van der Waals surface area contributed by atoms with Crippen LogP contribution in [0.3, 0.4) is 0 Å². The van der Waals surface area contributed by atoms with E-state index in [2.05, 4.69) is 23.8 Å². The van der Waals surface area contributed by atoms with Gasteiger partial charge in [-0.2, -0.15) is 0 Å². The predicted molar refractivity (Wildman–Crippen MR) is 136 cm³/mol. The number of amidine groups is 1.